The molecule has 1 aliphatic carbocycles. The van der Waals surface area contributed by atoms with E-state index < -0.39 is 11.9 Å². The lowest BCUT2D eigenvalue weighted by Crippen LogP contribution is -2.48. The zero-order valence-corrected chi connectivity index (χ0v) is 27.0. The van der Waals surface area contributed by atoms with E-state index >= 15 is 0 Å². The molecule has 240 valence electrons. The monoisotopic (exact) mass is 618 g/mol. The number of hydrogen-bond donors (Lipinski definition) is 1. The Kier molecular flexibility index (Phi) is 10.4. The van der Waals surface area contributed by atoms with Gasteiger partial charge in [-0.15, -0.1) is 0 Å². The highest BCUT2D eigenvalue weighted by molar-refractivity contribution is 6.09. The molecule has 1 unspecified atom stereocenters. The highest BCUT2D eigenvalue weighted by atomic mass is 16.4. The molecule has 46 heavy (non-hydrogen) atoms. The van der Waals surface area contributed by atoms with E-state index in [9.17, 15) is 14.7 Å². The highest BCUT2D eigenvalue weighted by Gasteiger charge is 2.31. The Bertz CT molecular complexity index is 1610. The van der Waals surface area contributed by atoms with Crippen molar-refractivity contribution in [3.05, 3.63) is 102 Å². The summed E-state index contributed by atoms with van der Waals surface area (Å²) in [6.45, 7) is 7.10. The summed E-state index contributed by atoms with van der Waals surface area (Å²) in [4.78, 5) is 38.9. The predicted molar refractivity (Wildman–Crippen MR) is 184 cm³/mol. The van der Waals surface area contributed by atoms with Crippen molar-refractivity contribution in [2.24, 2.45) is 5.92 Å². The quantitative estimate of drug-likeness (QED) is 0.200. The fourth-order valence-corrected chi connectivity index (χ4v) is 7.38. The molecule has 0 spiro atoms. The molecule has 0 radical (unpaired) electrons. The molecule has 4 aromatic rings. The molecular formula is C39H46N4O3. The van der Waals surface area contributed by atoms with E-state index in [1.165, 1.54) is 19.3 Å². The maximum atomic E-state index is 14.7. The molecule has 1 saturated heterocycles. The van der Waals surface area contributed by atoms with Crippen LogP contribution in [0.25, 0.3) is 22.2 Å². The van der Waals surface area contributed by atoms with E-state index in [0.29, 0.717) is 26.1 Å². The van der Waals surface area contributed by atoms with Crippen LogP contribution in [0, 0.1) is 5.92 Å². The first-order valence-corrected chi connectivity index (χ1v) is 17.0. The number of carbonyl (C=O) groups is 2. The van der Waals surface area contributed by atoms with Crippen molar-refractivity contribution in [2.45, 2.75) is 58.0 Å². The number of pyridine rings is 1. The van der Waals surface area contributed by atoms with Crippen molar-refractivity contribution in [1.29, 1.82) is 0 Å². The minimum Gasteiger partial charge on any atom is -0.481 e. The Morgan fingerprint density at radius 1 is 0.848 bits per heavy atom. The summed E-state index contributed by atoms with van der Waals surface area (Å²) in [6.07, 6.45) is 6.24. The van der Waals surface area contributed by atoms with Gasteiger partial charge < -0.3 is 10.0 Å². The molecule has 7 heteroatoms. The molecule has 7 nitrogen and oxygen atoms in total. The average molecular weight is 619 g/mol. The Balaban J connectivity index is 1.29. The van der Waals surface area contributed by atoms with Crippen molar-refractivity contribution in [3.63, 3.8) is 0 Å². The van der Waals surface area contributed by atoms with Crippen LogP contribution in [0.4, 0.5) is 0 Å². The number of amides is 1. The number of carbonyl (C=O) groups excluding carboxylic acids is 1. The second-order valence-electron chi connectivity index (χ2n) is 12.9. The number of aliphatic carboxylic acids is 1. The molecule has 6 rings (SSSR count). The van der Waals surface area contributed by atoms with Gasteiger partial charge in [0.1, 0.15) is 0 Å². The zero-order valence-electron chi connectivity index (χ0n) is 27.0. The van der Waals surface area contributed by atoms with Crippen molar-refractivity contribution < 1.29 is 14.7 Å². The molecule has 1 amide bonds. The van der Waals surface area contributed by atoms with Gasteiger partial charge in [-0.1, -0.05) is 98.1 Å². The van der Waals surface area contributed by atoms with Gasteiger partial charge in [0.15, 0.2) is 0 Å². The number of carboxylic acid groups (broad SMARTS) is 1. The fraction of sp³-hybridized carbons (Fsp3) is 0.410. The summed E-state index contributed by atoms with van der Waals surface area (Å²) < 4.78 is 0. The van der Waals surface area contributed by atoms with Gasteiger partial charge in [-0.3, -0.25) is 19.4 Å². The number of rotatable bonds is 11. The van der Waals surface area contributed by atoms with Crippen molar-refractivity contribution in [3.8, 4) is 11.3 Å². The lowest BCUT2D eigenvalue weighted by Gasteiger charge is -2.37. The summed E-state index contributed by atoms with van der Waals surface area (Å²) in [7, 11) is 0. The van der Waals surface area contributed by atoms with Crippen LogP contribution in [0.3, 0.4) is 0 Å². The summed E-state index contributed by atoms with van der Waals surface area (Å²) in [5.74, 6) is -1.08. The summed E-state index contributed by atoms with van der Waals surface area (Å²) >= 11 is 0. The second-order valence-corrected chi connectivity index (χ2v) is 12.9. The zero-order chi connectivity index (χ0) is 31.9. The van der Waals surface area contributed by atoms with Gasteiger partial charge in [0.2, 0.25) is 0 Å². The molecule has 0 bridgehead atoms. The Morgan fingerprint density at radius 2 is 1.48 bits per heavy atom. The third kappa shape index (κ3) is 7.32. The molecule has 2 fully saturated rings. The average Bonchev–Trinajstić information content (AvgIpc) is 3.10. The Labute approximate surface area is 272 Å². The topological polar surface area (TPSA) is 77.0 Å². The van der Waals surface area contributed by atoms with Crippen LogP contribution in [0.1, 0.15) is 60.5 Å². The lowest BCUT2D eigenvalue weighted by atomic mass is 9.91. The highest BCUT2D eigenvalue weighted by Crippen LogP contribution is 2.34. The number of piperazine rings is 1. The number of para-hydroxylation sites is 1. The van der Waals surface area contributed by atoms with E-state index in [4.69, 9.17) is 4.98 Å². The van der Waals surface area contributed by atoms with E-state index in [1.807, 2.05) is 66.7 Å². The van der Waals surface area contributed by atoms with Crippen molar-refractivity contribution in [1.82, 2.24) is 19.7 Å². The smallest absolute Gasteiger partial charge is 0.308 e. The number of carboxylic acids is 1. The predicted octanol–water partition coefficient (Wildman–Crippen LogP) is 6.76. The first-order valence-electron chi connectivity index (χ1n) is 17.0. The molecule has 1 atom stereocenters. The normalized spacial score (nSPS) is 17.2. The molecule has 3 aromatic carbocycles. The first kappa shape index (κ1) is 31.9. The van der Waals surface area contributed by atoms with Crippen LogP contribution in [0.2, 0.25) is 0 Å². The van der Waals surface area contributed by atoms with Gasteiger partial charge in [0, 0.05) is 68.4 Å². The van der Waals surface area contributed by atoms with Crippen molar-refractivity contribution in [2.75, 3.05) is 39.3 Å². The van der Waals surface area contributed by atoms with Gasteiger partial charge in [-0.25, -0.2) is 4.98 Å². The third-order valence-electron chi connectivity index (χ3n) is 9.87. The maximum Gasteiger partial charge on any atom is 0.308 e. The molecule has 2 aliphatic rings. The minimum atomic E-state index is -0.748. The molecular weight excluding hydrogens is 572 g/mol. The molecule has 1 N–H and O–H groups in total. The van der Waals surface area contributed by atoms with Gasteiger partial charge in [0.25, 0.3) is 5.91 Å². The first-order chi connectivity index (χ1) is 22.5. The summed E-state index contributed by atoms with van der Waals surface area (Å²) in [5.41, 5.74) is 5.56. The second kappa shape index (κ2) is 15.0. The van der Waals surface area contributed by atoms with E-state index in [1.54, 1.807) is 0 Å². The summed E-state index contributed by atoms with van der Waals surface area (Å²) in [5, 5.41) is 10.9. The largest absolute Gasteiger partial charge is 0.481 e. The van der Waals surface area contributed by atoms with Crippen molar-refractivity contribution >= 4 is 22.8 Å². The van der Waals surface area contributed by atoms with Gasteiger partial charge in [-0.05, 0) is 37.8 Å². The Morgan fingerprint density at radius 3 is 2.15 bits per heavy atom. The van der Waals surface area contributed by atoms with Gasteiger partial charge in [0.05, 0.1) is 22.7 Å². The Hall–Kier alpha value is -4.07. The number of aromatic nitrogens is 1. The molecule has 1 saturated carbocycles. The molecule has 2 heterocycles. The van der Waals surface area contributed by atoms with Crippen LogP contribution in [-0.4, -0.2) is 82.0 Å². The van der Waals surface area contributed by atoms with E-state index in [-0.39, 0.29) is 11.9 Å². The number of hydrogen-bond acceptors (Lipinski definition) is 5. The lowest BCUT2D eigenvalue weighted by molar-refractivity contribution is -0.142. The molecule has 1 aromatic heterocycles. The van der Waals surface area contributed by atoms with E-state index in [0.717, 1.165) is 77.9 Å². The van der Waals surface area contributed by atoms with Crippen LogP contribution < -0.4 is 0 Å². The fourth-order valence-electron chi connectivity index (χ4n) is 7.38. The SMILES string of the molecule is CCN(C(=O)c1c(CN2CCN(CC(Cc3ccccc3)C(=O)O)CC2)c(-c2ccccc2)nc2ccccc12)C1CCCCC1. The van der Waals surface area contributed by atoms with Crippen LogP contribution >= 0.6 is 0 Å². The van der Waals surface area contributed by atoms with Crippen LogP contribution in [-0.2, 0) is 17.8 Å². The summed E-state index contributed by atoms with van der Waals surface area (Å²) in [6, 6.07) is 28.5. The number of nitrogens with zero attached hydrogens (tertiary/aromatic N) is 4. The minimum absolute atomic E-state index is 0.115. The third-order valence-corrected chi connectivity index (χ3v) is 9.87. The maximum absolute atomic E-state index is 14.7. The van der Waals surface area contributed by atoms with Gasteiger partial charge >= 0.3 is 5.97 Å². The standard InChI is InChI=1S/C39H46N4O3/c1-2-43(32-18-10-5-11-19-32)38(44)36-33-20-12-13-21-35(33)40-37(30-16-8-4-9-17-30)34(36)28-42-24-22-41(23-25-42)27-31(39(45)46)26-29-14-6-3-7-15-29/h3-4,6-9,12-17,20-21,31-32H,2,5,10-11,18-19,22-28H2,1H3,(H,45,46). The number of benzene rings is 3. The van der Waals surface area contributed by atoms with Crippen LogP contribution in [0.5, 0.6) is 0 Å². The van der Waals surface area contributed by atoms with Gasteiger partial charge in [-0.2, -0.15) is 0 Å². The van der Waals surface area contributed by atoms with E-state index in [2.05, 4.69) is 39.8 Å². The van der Waals surface area contributed by atoms with Crippen LogP contribution in [0.15, 0.2) is 84.9 Å². The number of fused-ring (bicyclic) bond motifs is 1. The molecule has 1 aliphatic heterocycles.